The smallest absolute Gasteiger partial charge is 0.267 e. The van der Waals surface area contributed by atoms with Crippen molar-refractivity contribution in [2.24, 2.45) is 4.99 Å². The van der Waals surface area contributed by atoms with Crippen LogP contribution in [0.1, 0.15) is 10.4 Å². The molecular weight excluding hydrogens is 152 g/mol. The number of hydrogen-bond acceptors (Lipinski definition) is 2. The van der Waals surface area contributed by atoms with E-state index >= 15 is 0 Å². The number of hydrogen-bond donors (Lipinski definition) is 0. The molecule has 1 aliphatic rings. The van der Waals surface area contributed by atoms with Crippen molar-refractivity contribution in [3.05, 3.63) is 29.8 Å². The van der Waals surface area contributed by atoms with Gasteiger partial charge < -0.3 is 0 Å². The van der Waals surface area contributed by atoms with Gasteiger partial charge in [0.2, 0.25) is 0 Å². The van der Waals surface area contributed by atoms with Crippen molar-refractivity contribution in [2.45, 2.75) is 0 Å². The highest BCUT2D eigenvalue weighted by atomic mass is 16.1. The van der Waals surface area contributed by atoms with Crippen LogP contribution in [-0.4, -0.2) is 18.7 Å². The molecule has 59 valence electrons. The Morgan fingerprint density at radius 2 is 2.08 bits per heavy atom. The van der Waals surface area contributed by atoms with Gasteiger partial charge in [0.1, 0.15) is 0 Å². The highest BCUT2D eigenvalue weighted by Gasteiger charge is 2.12. The van der Waals surface area contributed by atoms with Gasteiger partial charge in [0.05, 0.1) is 17.8 Å². The lowest BCUT2D eigenvalue weighted by Gasteiger charge is -1.98. The van der Waals surface area contributed by atoms with Crippen molar-refractivity contribution < 1.29 is 4.79 Å². The summed E-state index contributed by atoms with van der Waals surface area (Å²) >= 11 is 0. The summed E-state index contributed by atoms with van der Waals surface area (Å²) in [7, 11) is 0. The largest absolute Gasteiger partial charge is 0.275 e. The molecule has 0 aromatic heterocycles. The number of rotatable bonds is 0. The SMILES string of the molecule is O=C1[N]CC=Nc2ccccc21. The molecular formula is C9H7N2O. The van der Waals surface area contributed by atoms with Crippen LogP contribution in [0.5, 0.6) is 0 Å². The Labute approximate surface area is 70.1 Å². The molecule has 0 saturated heterocycles. The van der Waals surface area contributed by atoms with E-state index in [2.05, 4.69) is 10.3 Å². The molecule has 0 saturated carbocycles. The van der Waals surface area contributed by atoms with Crippen molar-refractivity contribution >= 4 is 17.8 Å². The quantitative estimate of drug-likeness (QED) is 0.560. The number of benzene rings is 1. The van der Waals surface area contributed by atoms with Crippen molar-refractivity contribution in [2.75, 3.05) is 6.54 Å². The Balaban J connectivity index is 2.56. The van der Waals surface area contributed by atoms with Gasteiger partial charge in [-0.25, -0.2) is 5.32 Å². The summed E-state index contributed by atoms with van der Waals surface area (Å²) < 4.78 is 0. The van der Waals surface area contributed by atoms with Gasteiger partial charge in [-0.3, -0.25) is 9.79 Å². The second-order valence-corrected chi connectivity index (χ2v) is 2.47. The van der Waals surface area contributed by atoms with Crippen LogP contribution in [0.4, 0.5) is 5.69 Å². The molecule has 1 radical (unpaired) electrons. The van der Waals surface area contributed by atoms with E-state index < -0.39 is 0 Å². The van der Waals surface area contributed by atoms with Gasteiger partial charge in [-0.05, 0) is 12.1 Å². The molecule has 0 spiro atoms. The molecule has 1 aliphatic heterocycles. The third kappa shape index (κ3) is 1.09. The maximum Gasteiger partial charge on any atom is 0.275 e. The van der Waals surface area contributed by atoms with Crippen LogP contribution in [0.15, 0.2) is 29.3 Å². The number of para-hydroxylation sites is 1. The molecule has 0 unspecified atom stereocenters. The standard InChI is InChI=1S/C9H7N2O/c12-9-7-3-1-2-4-8(7)10-5-6-11-9/h1-5H,6H2. The predicted octanol–water partition coefficient (Wildman–Crippen LogP) is 1.15. The summed E-state index contributed by atoms with van der Waals surface area (Å²) in [6, 6.07) is 7.22. The molecule has 3 heteroatoms. The van der Waals surface area contributed by atoms with E-state index in [1.165, 1.54) is 0 Å². The van der Waals surface area contributed by atoms with Gasteiger partial charge in [0.15, 0.2) is 0 Å². The molecule has 0 bridgehead atoms. The van der Waals surface area contributed by atoms with E-state index in [4.69, 9.17) is 0 Å². The lowest BCUT2D eigenvalue weighted by molar-refractivity contribution is 0.0957. The normalized spacial score (nSPS) is 14.8. The van der Waals surface area contributed by atoms with E-state index in [1.54, 1.807) is 12.3 Å². The first-order valence-electron chi connectivity index (χ1n) is 3.71. The molecule has 12 heavy (non-hydrogen) atoms. The van der Waals surface area contributed by atoms with Gasteiger partial charge in [-0.15, -0.1) is 0 Å². The predicted molar refractivity (Wildman–Crippen MR) is 45.9 cm³/mol. The zero-order chi connectivity index (χ0) is 8.39. The van der Waals surface area contributed by atoms with E-state index in [0.717, 1.165) is 0 Å². The first-order chi connectivity index (χ1) is 5.88. The number of nitrogens with zero attached hydrogens (tertiary/aromatic N) is 2. The Morgan fingerprint density at radius 3 is 3.00 bits per heavy atom. The van der Waals surface area contributed by atoms with E-state index in [1.807, 2.05) is 18.2 Å². The number of aliphatic imine (C=N–C) groups is 1. The summed E-state index contributed by atoms with van der Waals surface area (Å²) in [6.07, 6.45) is 1.64. The highest BCUT2D eigenvalue weighted by molar-refractivity contribution is 6.01. The third-order valence-corrected chi connectivity index (χ3v) is 1.68. The Bertz CT molecular complexity index is 344. The van der Waals surface area contributed by atoms with Crippen LogP contribution < -0.4 is 5.32 Å². The van der Waals surface area contributed by atoms with Crippen molar-refractivity contribution in [3.63, 3.8) is 0 Å². The second kappa shape index (κ2) is 2.77. The minimum atomic E-state index is -0.178. The first kappa shape index (κ1) is 7.03. The minimum Gasteiger partial charge on any atom is -0.267 e. The molecule has 0 fully saturated rings. The minimum absolute atomic E-state index is 0.178. The molecule has 0 atom stereocenters. The number of fused-ring (bicyclic) bond motifs is 1. The second-order valence-electron chi connectivity index (χ2n) is 2.47. The van der Waals surface area contributed by atoms with Crippen LogP contribution in [-0.2, 0) is 0 Å². The molecule has 2 rings (SSSR count). The van der Waals surface area contributed by atoms with Gasteiger partial charge in [-0.1, -0.05) is 12.1 Å². The summed E-state index contributed by atoms with van der Waals surface area (Å²) in [5.41, 5.74) is 1.30. The lowest BCUT2D eigenvalue weighted by Crippen LogP contribution is -2.15. The number of carbonyl (C=O) groups is 1. The van der Waals surface area contributed by atoms with Gasteiger partial charge >= 0.3 is 0 Å². The monoisotopic (exact) mass is 159 g/mol. The molecule has 1 heterocycles. The van der Waals surface area contributed by atoms with Crippen molar-refractivity contribution in [1.82, 2.24) is 5.32 Å². The maximum atomic E-state index is 11.3. The van der Waals surface area contributed by atoms with Gasteiger partial charge in [0, 0.05) is 6.21 Å². The highest BCUT2D eigenvalue weighted by Crippen LogP contribution is 2.19. The van der Waals surface area contributed by atoms with Gasteiger partial charge in [0.25, 0.3) is 5.91 Å². The molecule has 1 aromatic rings. The average Bonchev–Trinajstić information content (AvgIpc) is 2.29. The summed E-state index contributed by atoms with van der Waals surface area (Å²) in [6.45, 7) is 0.382. The van der Waals surface area contributed by atoms with Crippen molar-refractivity contribution in [1.29, 1.82) is 0 Å². The summed E-state index contributed by atoms with van der Waals surface area (Å²) in [5, 5.41) is 3.78. The zero-order valence-corrected chi connectivity index (χ0v) is 6.40. The van der Waals surface area contributed by atoms with E-state index in [0.29, 0.717) is 17.8 Å². The van der Waals surface area contributed by atoms with Crippen molar-refractivity contribution in [3.8, 4) is 0 Å². The third-order valence-electron chi connectivity index (χ3n) is 1.68. The van der Waals surface area contributed by atoms with Crippen LogP contribution >= 0.6 is 0 Å². The molecule has 3 nitrogen and oxygen atoms in total. The van der Waals surface area contributed by atoms with E-state index in [-0.39, 0.29) is 5.91 Å². The number of carbonyl (C=O) groups excluding carboxylic acids is 1. The zero-order valence-electron chi connectivity index (χ0n) is 6.40. The lowest BCUT2D eigenvalue weighted by atomic mass is 10.2. The van der Waals surface area contributed by atoms with Crippen LogP contribution in [0, 0.1) is 0 Å². The Morgan fingerprint density at radius 1 is 1.25 bits per heavy atom. The molecule has 1 aromatic carbocycles. The Kier molecular flexibility index (Phi) is 1.63. The number of amides is 1. The Hall–Kier alpha value is -1.64. The topological polar surface area (TPSA) is 43.5 Å². The molecule has 0 aliphatic carbocycles. The summed E-state index contributed by atoms with van der Waals surface area (Å²) in [5.74, 6) is -0.178. The van der Waals surface area contributed by atoms with Crippen LogP contribution in [0.25, 0.3) is 0 Å². The fraction of sp³-hybridized carbons (Fsp3) is 0.111. The molecule has 1 amide bonds. The fourth-order valence-electron chi connectivity index (χ4n) is 1.12. The summed E-state index contributed by atoms with van der Waals surface area (Å²) in [4.78, 5) is 15.4. The van der Waals surface area contributed by atoms with Crippen LogP contribution in [0.2, 0.25) is 0 Å². The first-order valence-corrected chi connectivity index (χ1v) is 3.71. The maximum absolute atomic E-state index is 11.3. The van der Waals surface area contributed by atoms with Gasteiger partial charge in [-0.2, -0.15) is 0 Å². The van der Waals surface area contributed by atoms with E-state index in [9.17, 15) is 4.79 Å². The molecule has 0 N–H and O–H groups in total. The van der Waals surface area contributed by atoms with Crippen LogP contribution in [0.3, 0.4) is 0 Å². The fourth-order valence-corrected chi connectivity index (χ4v) is 1.12. The average molecular weight is 159 g/mol.